The van der Waals surface area contributed by atoms with Crippen LogP contribution >= 0.6 is 22.9 Å². The number of nitrogens with one attached hydrogen (secondary N) is 2. The summed E-state index contributed by atoms with van der Waals surface area (Å²) in [6.45, 7) is 1.27. The van der Waals surface area contributed by atoms with E-state index in [2.05, 4.69) is 10.6 Å². The van der Waals surface area contributed by atoms with Crippen molar-refractivity contribution in [2.45, 2.75) is 18.5 Å². The molecule has 1 aromatic heterocycles. The van der Waals surface area contributed by atoms with Gasteiger partial charge in [-0.2, -0.15) is 11.3 Å². The lowest BCUT2D eigenvalue weighted by molar-refractivity contribution is -0.135. The van der Waals surface area contributed by atoms with E-state index in [0.29, 0.717) is 10.6 Å². The van der Waals surface area contributed by atoms with Gasteiger partial charge in [0.05, 0.1) is 6.04 Å². The first-order valence-corrected chi connectivity index (χ1v) is 11.0. The van der Waals surface area contributed by atoms with Crippen LogP contribution < -0.4 is 10.6 Å². The number of hydrogen-bond donors (Lipinski definition) is 2. The van der Waals surface area contributed by atoms with Crippen molar-refractivity contribution in [1.29, 1.82) is 0 Å². The first kappa shape index (κ1) is 21.1. The molecule has 2 N–H and O–H groups in total. The third-order valence-corrected chi connectivity index (χ3v) is 6.27. The third kappa shape index (κ3) is 4.19. The van der Waals surface area contributed by atoms with E-state index in [1.807, 2.05) is 35.0 Å². The van der Waals surface area contributed by atoms with Crippen LogP contribution in [0, 0.1) is 0 Å². The van der Waals surface area contributed by atoms with Crippen LogP contribution in [-0.2, 0) is 15.1 Å². The predicted octanol–water partition coefficient (Wildman–Crippen LogP) is 4.07. The molecule has 8 heteroatoms. The number of urea groups is 1. The normalized spacial score (nSPS) is 19.2. The lowest BCUT2D eigenvalue weighted by Crippen LogP contribution is -2.44. The fraction of sp³-hybridized carbons (Fsp3) is 0.174. The molecular formula is C23H20ClN3O3S. The van der Waals surface area contributed by atoms with Crippen molar-refractivity contribution in [2.75, 3.05) is 6.54 Å². The van der Waals surface area contributed by atoms with Gasteiger partial charge in [-0.25, -0.2) is 4.79 Å². The van der Waals surface area contributed by atoms with Crippen molar-refractivity contribution in [1.82, 2.24) is 15.5 Å². The van der Waals surface area contributed by atoms with E-state index in [4.69, 9.17) is 11.6 Å². The highest BCUT2D eigenvalue weighted by molar-refractivity contribution is 7.08. The van der Waals surface area contributed by atoms with Gasteiger partial charge in [0, 0.05) is 5.02 Å². The summed E-state index contributed by atoms with van der Waals surface area (Å²) in [6.07, 6.45) is 0. The van der Waals surface area contributed by atoms with Gasteiger partial charge in [0.2, 0.25) is 5.91 Å². The third-order valence-electron chi connectivity index (χ3n) is 5.31. The van der Waals surface area contributed by atoms with Gasteiger partial charge in [0.1, 0.15) is 12.1 Å². The topological polar surface area (TPSA) is 78.5 Å². The Morgan fingerprint density at radius 1 is 1.10 bits per heavy atom. The summed E-state index contributed by atoms with van der Waals surface area (Å²) in [4.78, 5) is 39.4. The molecule has 2 aromatic carbocycles. The molecule has 0 aliphatic carbocycles. The number of imide groups is 1. The van der Waals surface area contributed by atoms with Crippen LogP contribution in [0.3, 0.4) is 0 Å². The average Bonchev–Trinajstić information content (AvgIpc) is 3.37. The summed E-state index contributed by atoms with van der Waals surface area (Å²) in [5.74, 6) is -0.899. The molecule has 31 heavy (non-hydrogen) atoms. The lowest BCUT2D eigenvalue weighted by atomic mass is 9.92. The summed E-state index contributed by atoms with van der Waals surface area (Å²) in [7, 11) is 0. The van der Waals surface area contributed by atoms with Crippen molar-refractivity contribution in [3.63, 3.8) is 0 Å². The molecule has 4 rings (SSSR count). The predicted molar refractivity (Wildman–Crippen MR) is 120 cm³/mol. The molecule has 4 amide bonds. The van der Waals surface area contributed by atoms with Crippen molar-refractivity contribution in [3.05, 3.63) is 93.1 Å². The number of carbonyl (C=O) groups excluding carboxylic acids is 3. The number of amides is 4. The number of rotatable bonds is 6. The maximum atomic E-state index is 13.0. The Morgan fingerprint density at radius 3 is 2.45 bits per heavy atom. The molecule has 1 aliphatic rings. The van der Waals surface area contributed by atoms with Crippen LogP contribution in [0.1, 0.15) is 29.7 Å². The molecule has 1 fully saturated rings. The number of carbonyl (C=O) groups is 3. The van der Waals surface area contributed by atoms with Crippen LogP contribution in [0.4, 0.5) is 4.79 Å². The monoisotopic (exact) mass is 453 g/mol. The first-order valence-electron chi connectivity index (χ1n) is 9.65. The summed E-state index contributed by atoms with van der Waals surface area (Å²) in [5.41, 5.74) is 1.21. The Kier molecular flexibility index (Phi) is 5.80. The highest BCUT2D eigenvalue weighted by Crippen LogP contribution is 2.29. The molecular weight excluding hydrogens is 434 g/mol. The summed E-state index contributed by atoms with van der Waals surface area (Å²) in [6, 6.07) is 17.1. The van der Waals surface area contributed by atoms with Gasteiger partial charge in [-0.3, -0.25) is 14.5 Å². The molecule has 0 radical (unpaired) electrons. The van der Waals surface area contributed by atoms with E-state index < -0.39 is 29.4 Å². The Hall–Kier alpha value is -3.16. The molecule has 0 saturated carbocycles. The highest BCUT2D eigenvalue weighted by atomic mass is 35.5. The second kappa shape index (κ2) is 8.53. The maximum absolute atomic E-state index is 13.0. The molecule has 1 saturated heterocycles. The number of thiophene rings is 1. The van der Waals surface area contributed by atoms with Gasteiger partial charge in [-0.05, 0) is 52.6 Å². The number of benzene rings is 2. The maximum Gasteiger partial charge on any atom is 0.325 e. The minimum Gasteiger partial charge on any atom is -0.344 e. The molecule has 2 unspecified atom stereocenters. The zero-order valence-electron chi connectivity index (χ0n) is 16.7. The van der Waals surface area contributed by atoms with Crippen LogP contribution in [0.5, 0.6) is 0 Å². The molecule has 2 atom stereocenters. The Balaban J connectivity index is 1.52. The van der Waals surface area contributed by atoms with Crippen LogP contribution in [0.25, 0.3) is 0 Å². The van der Waals surface area contributed by atoms with Crippen molar-refractivity contribution in [3.8, 4) is 0 Å². The number of nitrogens with zero attached hydrogens (tertiary/aromatic N) is 1. The fourth-order valence-corrected chi connectivity index (χ4v) is 4.42. The molecule has 1 aliphatic heterocycles. The van der Waals surface area contributed by atoms with E-state index >= 15 is 0 Å². The lowest BCUT2D eigenvalue weighted by Gasteiger charge is -2.23. The smallest absolute Gasteiger partial charge is 0.325 e. The van der Waals surface area contributed by atoms with Gasteiger partial charge in [-0.1, -0.05) is 54.1 Å². The largest absolute Gasteiger partial charge is 0.344 e. The van der Waals surface area contributed by atoms with Gasteiger partial charge >= 0.3 is 6.03 Å². The SMILES string of the molecule is CC1(c2ccccc2)NC(=O)N(CC(=O)NC(c2ccc(Cl)cc2)c2ccsc2)C1=O. The van der Waals surface area contributed by atoms with Gasteiger partial charge < -0.3 is 10.6 Å². The summed E-state index contributed by atoms with van der Waals surface area (Å²) >= 11 is 7.51. The van der Waals surface area contributed by atoms with E-state index in [9.17, 15) is 14.4 Å². The second-order valence-corrected chi connectivity index (χ2v) is 8.64. The van der Waals surface area contributed by atoms with Gasteiger partial charge in [0.15, 0.2) is 0 Å². The van der Waals surface area contributed by atoms with E-state index in [1.165, 1.54) is 11.3 Å². The highest BCUT2D eigenvalue weighted by Gasteiger charge is 2.49. The molecule has 3 aromatic rings. The van der Waals surface area contributed by atoms with E-state index in [-0.39, 0.29) is 6.54 Å². The molecule has 2 heterocycles. The zero-order chi connectivity index (χ0) is 22.0. The van der Waals surface area contributed by atoms with Crippen molar-refractivity contribution >= 4 is 40.8 Å². The minimum atomic E-state index is -1.21. The molecule has 158 valence electrons. The molecule has 0 bridgehead atoms. The van der Waals surface area contributed by atoms with Crippen LogP contribution in [0.15, 0.2) is 71.4 Å². The zero-order valence-corrected chi connectivity index (χ0v) is 18.2. The van der Waals surface area contributed by atoms with Crippen LogP contribution in [0.2, 0.25) is 5.02 Å². The first-order chi connectivity index (χ1) is 14.9. The summed E-state index contributed by atoms with van der Waals surface area (Å²) < 4.78 is 0. The summed E-state index contributed by atoms with van der Waals surface area (Å²) in [5, 5.41) is 10.1. The quantitative estimate of drug-likeness (QED) is 0.552. The fourth-order valence-electron chi connectivity index (χ4n) is 3.61. The van der Waals surface area contributed by atoms with Crippen molar-refractivity contribution in [2.24, 2.45) is 0 Å². The van der Waals surface area contributed by atoms with Gasteiger partial charge in [0.25, 0.3) is 5.91 Å². The molecule has 6 nitrogen and oxygen atoms in total. The standard InChI is InChI=1S/C23H20ClN3O3S/c1-23(17-5-3-2-4-6-17)21(29)27(22(30)26-23)13-19(28)25-20(16-11-12-31-14-16)15-7-9-18(24)10-8-15/h2-12,14,20H,13H2,1H3,(H,25,28)(H,26,30). The molecule has 0 spiro atoms. The number of hydrogen-bond acceptors (Lipinski definition) is 4. The minimum absolute atomic E-state index is 0.374. The van der Waals surface area contributed by atoms with Gasteiger partial charge in [-0.15, -0.1) is 0 Å². The Bertz CT molecular complexity index is 1100. The van der Waals surface area contributed by atoms with Crippen LogP contribution in [-0.4, -0.2) is 29.3 Å². The van der Waals surface area contributed by atoms with E-state index in [1.54, 1.807) is 43.3 Å². The number of halogens is 1. The Morgan fingerprint density at radius 2 is 1.81 bits per heavy atom. The second-order valence-electron chi connectivity index (χ2n) is 7.42. The van der Waals surface area contributed by atoms with Crippen molar-refractivity contribution < 1.29 is 14.4 Å². The van der Waals surface area contributed by atoms with E-state index in [0.717, 1.165) is 16.0 Å². The average molecular weight is 454 g/mol. The Labute approximate surface area is 188 Å².